The monoisotopic (exact) mass is 284 g/mol. The van der Waals surface area contributed by atoms with Crippen molar-refractivity contribution in [3.8, 4) is 0 Å². The minimum Gasteiger partial charge on any atom is -0.468 e. The molecular formula is C13H20N2O3S. The largest absolute Gasteiger partial charge is 0.468 e. The molecule has 6 heteroatoms. The predicted octanol–water partition coefficient (Wildman–Crippen LogP) is 2.09. The van der Waals surface area contributed by atoms with Crippen molar-refractivity contribution in [1.82, 2.24) is 10.3 Å². The lowest BCUT2D eigenvalue weighted by atomic mass is 9.95. The van der Waals surface area contributed by atoms with Gasteiger partial charge in [0.15, 0.2) is 0 Å². The maximum atomic E-state index is 12.2. The van der Waals surface area contributed by atoms with Gasteiger partial charge in [-0.05, 0) is 31.7 Å². The fourth-order valence-electron chi connectivity index (χ4n) is 2.17. The molecule has 0 aromatic carbocycles. The number of esters is 1. The van der Waals surface area contributed by atoms with E-state index in [1.165, 1.54) is 18.9 Å². The fourth-order valence-corrected chi connectivity index (χ4v) is 3.24. The second-order valence-electron chi connectivity index (χ2n) is 4.75. The van der Waals surface area contributed by atoms with E-state index in [1.54, 1.807) is 12.5 Å². The Morgan fingerprint density at radius 2 is 2.47 bits per heavy atom. The summed E-state index contributed by atoms with van der Waals surface area (Å²) in [6.45, 7) is 2.89. The number of nitrogens with zero attached hydrogens (tertiary/aromatic N) is 1. The number of hydrogen-bond donors (Lipinski definition) is 1. The third-order valence-electron chi connectivity index (χ3n) is 3.35. The van der Waals surface area contributed by atoms with Crippen LogP contribution in [0.15, 0.2) is 22.1 Å². The second kappa shape index (κ2) is 6.43. The van der Waals surface area contributed by atoms with E-state index in [-0.39, 0.29) is 5.97 Å². The number of aromatic nitrogens is 1. The highest BCUT2D eigenvalue weighted by molar-refractivity contribution is 7.99. The van der Waals surface area contributed by atoms with Crippen molar-refractivity contribution in [2.45, 2.75) is 36.9 Å². The Kier molecular flexibility index (Phi) is 4.87. The summed E-state index contributed by atoms with van der Waals surface area (Å²) in [5, 5.41) is 3.98. The van der Waals surface area contributed by atoms with Crippen LogP contribution in [0.3, 0.4) is 0 Å². The number of rotatable bonds is 8. The van der Waals surface area contributed by atoms with Crippen LogP contribution < -0.4 is 5.32 Å². The summed E-state index contributed by atoms with van der Waals surface area (Å²) < 4.78 is 10.2. The first-order chi connectivity index (χ1) is 9.23. The molecule has 0 amide bonds. The van der Waals surface area contributed by atoms with Crippen molar-refractivity contribution >= 4 is 17.7 Å². The highest BCUT2D eigenvalue weighted by Crippen LogP contribution is 2.43. The van der Waals surface area contributed by atoms with Crippen molar-refractivity contribution in [1.29, 1.82) is 0 Å². The summed E-state index contributed by atoms with van der Waals surface area (Å²) in [7, 11) is 1.45. The first kappa shape index (κ1) is 14.4. The number of carbonyl (C=O) groups excluding carboxylic acids is 1. The van der Waals surface area contributed by atoms with Gasteiger partial charge in [-0.25, -0.2) is 4.98 Å². The summed E-state index contributed by atoms with van der Waals surface area (Å²) in [6.07, 6.45) is 6.27. The molecule has 1 heterocycles. The SMILES string of the molecule is CCCNC(CSc1ncco1)(C(=O)OC)C1CC1. The van der Waals surface area contributed by atoms with E-state index in [1.807, 2.05) is 0 Å². The zero-order valence-electron chi connectivity index (χ0n) is 11.3. The molecule has 1 aromatic heterocycles. The van der Waals surface area contributed by atoms with Gasteiger partial charge in [-0.1, -0.05) is 18.7 Å². The van der Waals surface area contributed by atoms with E-state index in [9.17, 15) is 4.79 Å². The summed E-state index contributed by atoms with van der Waals surface area (Å²) >= 11 is 1.46. The smallest absolute Gasteiger partial charge is 0.327 e. The topological polar surface area (TPSA) is 64.4 Å². The average molecular weight is 284 g/mol. The molecule has 1 saturated carbocycles. The Hall–Kier alpha value is -1.01. The van der Waals surface area contributed by atoms with Crippen LogP contribution >= 0.6 is 11.8 Å². The average Bonchev–Trinajstić information content (AvgIpc) is 3.16. The molecule has 1 aromatic rings. The molecule has 0 spiro atoms. The van der Waals surface area contributed by atoms with Crippen LogP contribution in [-0.4, -0.2) is 35.9 Å². The van der Waals surface area contributed by atoms with Crippen molar-refractivity contribution in [3.63, 3.8) is 0 Å². The summed E-state index contributed by atoms with van der Waals surface area (Å²) in [4.78, 5) is 16.3. The lowest BCUT2D eigenvalue weighted by Gasteiger charge is -2.31. The Bertz CT molecular complexity index is 406. The van der Waals surface area contributed by atoms with E-state index in [4.69, 9.17) is 9.15 Å². The van der Waals surface area contributed by atoms with Crippen LogP contribution in [0.5, 0.6) is 0 Å². The van der Waals surface area contributed by atoms with Crippen molar-refractivity contribution in [2.75, 3.05) is 19.4 Å². The maximum absolute atomic E-state index is 12.2. The molecule has 1 aliphatic carbocycles. The van der Waals surface area contributed by atoms with Crippen LogP contribution in [0.2, 0.25) is 0 Å². The molecule has 0 radical (unpaired) electrons. The maximum Gasteiger partial charge on any atom is 0.327 e. The van der Waals surface area contributed by atoms with E-state index < -0.39 is 5.54 Å². The fraction of sp³-hybridized carbons (Fsp3) is 0.692. The van der Waals surface area contributed by atoms with Crippen LogP contribution in [0, 0.1) is 5.92 Å². The van der Waals surface area contributed by atoms with Gasteiger partial charge in [-0.15, -0.1) is 0 Å². The predicted molar refractivity (Wildman–Crippen MR) is 73.0 cm³/mol. The minimum atomic E-state index is -0.607. The zero-order chi connectivity index (χ0) is 13.7. The Labute approximate surface area is 117 Å². The van der Waals surface area contributed by atoms with E-state index in [2.05, 4.69) is 17.2 Å². The van der Waals surface area contributed by atoms with Gasteiger partial charge in [0.25, 0.3) is 5.22 Å². The van der Waals surface area contributed by atoms with Crippen molar-refractivity contribution < 1.29 is 13.9 Å². The Morgan fingerprint density at radius 3 is 3.00 bits per heavy atom. The van der Waals surface area contributed by atoms with Crippen LogP contribution in [0.1, 0.15) is 26.2 Å². The van der Waals surface area contributed by atoms with E-state index in [0.717, 1.165) is 25.8 Å². The van der Waals surface area contributed by atoms with Crippen LogP contribution in [-0.2, 0) is 9.53 Å². The summed E-state index contributed by atoms with van der Waals surface area (Å²) in [6, 6.07) is 0. The summed E-state index contributed by atoms with van der Waals surface area (Å²) in [5.74, 6) is 0.765. The standard InChI is InChI=1S/C13H20N2O3S/c1-3-6-15-13(10-4-5-10,11(16)17-2)9-19-12-14-7-8-18-12/h7-8,10,15H,3-6,9H2,1-2H3. The number of carbonyl (C=O) groups is 1. The molecule has 19 heavy (non-hydrogen) atoms. The van der Waals surface area contributed by atoms with Gasteiger partial charge >= 0.3 is 5.97 Å². The number of nitrogens with one attached hydrogen (secondary N) is 1. The van der Waals surface area contributed by atoms with Crippen molar-refractivity contribution in [3.05, 3.63) is 12.5 Å². The van der Waals surface area contributed by atoms with Crippen molar-refractivity contribution in [2.24, 2.45) is 5.92 Å². The minimum absolute atomic E-state index is 0.178. The third kappa shape index (κ3) is 3.30. The molecule has 1 aliphatic rings. The first-order valence-electron chi connectivity index (χ1n) is 6.58. The van der Waals surface area contributed by atoms with Gasteiger partial charge in [0.1, 0.15) is 11.8 Å². The number of ether oxygens (including phenoxy) is 1. The molecule has 1 N–H and O–H groups in total. The van der Waals surface area contributed by atoms with Crippen LogP contribution in [0.25, 0.3) is 0 Å². The number of thioether (sulfide) groups is 1. The second-order valence-corrected chi connectivity index (χ2v) is 5.68. The Balaban J connectivity index is 2.08. The van der Waals surface area contributed by atoms with Gasteiger partial charge in [0.05, 0.1) is 13.3 Å². The molecule has 5 nitrogen and oxygen atoms in total. The number of methoxy groups -OCH3 is 1. The van der Waals surface area contributed by atoms with E-state index >= 15 is 0 Å². The van der Waals surface area contributed by atoms with Gasteiger partial charge in [-0.2, -0.15) is 0 Å². The van der Waals surface area contributed by atoms with Gasteiger partial charge in [0.2, 0.25) is 0 Å². The normalized spacial score (nSPS) is 18.0. The molecule has 0 bridgehead atoms. The van der Waals surface area contributed by atoms with Crippen LogP contribution in [0.4, 0.5) is 0 Å². The molecule has 1 atom stereocenters. The number of hydrogen-bond acceptors (Lipinski definition) is 6. The molecule has 1 fully saturated rings. The zero-order valence-corrected chi connectivity index (χ0v) is 12.2. The van der Waals surface area contributed by atoms with Gasteiger partial charge in [0, 0.05) is 5.75 Å². The highest BCUT2D eigenvalue weighted by atomic mass is 32.2. The third-order valence-corrected chi connectivity index (χ3v) is 4.40. The quantitative estimate of drug-likeness (QED) is 0.582. The molecular weight excluding hydrogens is 264 g/mol. The van der Waals surface area contributed by atoms with Gasteiger partial charge < -0.3 is 14.5 Å². The molecule has 0 saturated heterocycles. The first-order valence-corrected chi connectivity index (χ1v) is 7.57. The lowest BCUT2D eigenvalue weighted by molar-refractivity contribution is -0.148. The van der Waals surface area contributed by atoms with Gasteiger partial charge in [-0.3, -0.25) is 4.79 Å². The molecule has 1 unspecified atom stereocenters. The van der Waals surface area contributed by atoms with E-state index in [0.29, 0.717) is 16.9 Å². The molecule has 0 aliphatic heterocycles. The summed E-state index contributed by atoms with van der Waals surface area (Å²) in [5.41, 5.74) is -0.607. The molecule has 2 rings (SSSR count). The number of oxazole rings is 1. The Morgan fingerprint density at radius 1 is 1.68 bits per heavy atom. The highest BCUT2D eigenvalue weighted by Gasteiger charge is 2.51. The lowest BCUT2D eigenvalue weighted by Crippen LogP contribution is -2.57. The molecule has 106 valence electrons.